The Labute approximate surface area is 146 Å². The first-order valence-corrected chi connectivity index (χ1v) is 7.64. The summed E-state index contributed by atoms with van der Waals surface area (Å²) in [4.78, 5) is 40.3. The molecule has 0 unspecified atom stereocenters. The number of carbonyl (C=O) groups is 1. The molecule has 1 aromatic carbocycles. The van der Waals surface area contributed by atoms with E-state index in [4.69, 9.17) is 10.5 Å². The Hall–Kier alpha value is -3.43. The Balaban J connectivity index is 1.80. The number of halogens is 1. The lowest BCUT2D eigenvalue weighted by atomic mass is 10.2. The highest BCUT2D eigenvalue weighted by Gasteiger charge is 2.15. The normalized spacial score (nSPS) is 11.0. The summed E-state index contributed by atoms with van der Waals surface area (Å²) in [6, 6.07) is 3.38. The second kappa shape index (κ2) is 6.47. The number of nitrogens with zero attached hydrogens (tertiary/aromatic N) is 4. The minimum Gasteiger partial charge on any atom is -0.460 e. The molecule has 0 radical (unpaired) electrons. The maximum absolute atomic E-state index is 13.0. The molecule has 136 valence electrons. The van der Waals surface area contributed by atoms with E-state index in [2.05, 4.69) is 4.98 Å². The largest absolute Gasteiger partial charge is 0.460 e. The summed E-state index contributed by atoms with van der Waals surface area (Å²) in [6.07, 6.45) is 1.39. The lowest BCUT2D eigenvalue weighted by molar-refractivity contribution is 0.0493. The highest BCUT2D eigenvalue weighted by Crippen LogP contribution is 2.14. The van der Waals surface area contributed by atoms with Crippen molar-refractivity contribution in [3.8, 4) is 0 Å². The average Bonchev–Trinajstić information content (AvgIpc) is 3.02. The van der Waals surface area contributed by atoms with Crippen LogP contribution in [-0.2, 0) is 25.4 Å². The van der Waals surface area contributed by atoms with Gasteiger partial charge in [-0.25, -0.2) is 19.0 Å². The molecule has 2 N–H and O–H groups in total. The third-order valence-corrected chi connectivity index (χ3v) is 4.02. The number of ether oxygens (including phenoxy) is 1. The molecule has 0 aliphatic carbocycles. The lowest BCUT2D eigenvalue weighted by Gasteiger charge is -2.09. The van der Waals surface area contributed by atoms with E-state index in [0.717, 1.165) is 16.7 Å². The number of hydrogen-bond donors (Lipinski definition) is 1. The van der Waals surface area contributed by atoms with E-state index < -0.39 is 23.0 Å². The van der Waals surface area contributed by atoms with Crippen molar-refractivity contribution in [2.24, 2.45) is 14.1 Å². The molecule has 9 nitrogen and oxygen atoms in total. The Morgan fingerprint density at radius 1 is 1.27 bits per heavy atom. The van der Waals surface area contributed by atoms with Crippen LogP contribution < -0.4 is 17.0 Å². The summed E-state index contributed by atoms with van der Waals surface area (Å²) in [5.41, 5.74) is 5.13. The molecule has 3 aromatic rings. The predicted octanol–water partition coefficient (Wildman–Crippen LogP) is 0.0120. The fourth-order valence-corrected chi connectivity index (χ4v) is 2.60. The summed E-state index contributed by atoms with van der Waals surface area (Å²) in [5, 5.41) is 0. The molecule has 0 aliphatic rings. The molecule has 26 heavy (non-hydrogen) atoms. The number of imidazole rings is 1. The number of nitrogen functional groups attached to an aromatic ring is 1. The predicted molar refractivity (Wildman–Crippen MR) is 91.3 cm³/mol. The summed E-state index contributed by atoms with van der Waals surface area (Å²) in [6.45, 7) is 0.0872. The van der Waals surface area contributed by atoms with Crippen molar-refractivity contribution in [2.45, 2.75) is 6.54 Å². The van der Waals surface area contributed by atoms with Crippen LogP contribution in [-0.4, -0.2) is 31.3 Å². The van der Waals surface area contributed by atoms with E-state index in [-0.39, 0.29) is 35.6 Å². The summed E-state index contributed by atoms with van der Waals surface area (Å²) in [5.74, 6) is -1.25. The van der Waals surface area contributed by atoms with Gasteiger partial charge < -0.3 is 15.0 Å². The fraction of sp³-hybridized carbons (Fsp3) is 0.250. The molecule has 0 saturated carbocycles. The number of hydrogen-bond acceptors (Lipinski definition) is 6. The quantitative estimate of drug-likeness (QED) is 0.517. The number of carbonyl (C=O) groups excluding carboxylic acids is 1. The number of fused-ring (bicyclic) bond motifs is 1. The van der Waals surface area contributed by atoms with Crippen LogP contribution in [0.15, 0.2) is 34.1 Å². The molecule has 0 fully saturated rings. The summed E-state index contributed by atoms with van der Waals surface area (Å²) >= 11 is 0. The van der Waals surface area contributed by atoms with E-state index in [1.54, 1.807) is 0 Å². The van der Waals surface area contributed by atoms with Gasteiger partial charge in [-0.15, -0.1) is 0 Å². The number of anilines is 1. The smallest absolute Gasteiger partial charge is 0.340 e. The third-order valence-electron chi connectivity index (χ3n) is 4.02. The summed E-state index contributed by atoms with van der Waals surface area (Å²) < 4.78 is 21.9. The zero-order valence-corrected chi connectivity index (χ0v) is 14.1. The number of aryl methyl sites for hydroxylation is 1. The third kappa shape index (κ3) is 2.85. The van der Waals surface area contributed by atoms with Gasteiger partial charge in [0.15, 0.2) is 11.2 Å². The van der Waals surface area contributed by atoms with Crippen molar-refractivity contribution in [3.05, 3.63) is 56.7 Å². The molecular formula is C16H16FN5O4. The molecule has 0 atom stereocenters. The Morgan fingerprint density at radius 2 is 2.00 bits per heavy atom. The maximum atomic E-state index is 13.0. The second-order valence-electron chi connectivity index (χ2n) is 5.68. The van der Waals surface area contributed by atoms with Gasteiger partial charge in [-0.3, -0.25) is 13.9 Å². The number of rotatable bonds is 4. The fourth-order valence-electron chi connectivity index (χ4n) is 2.60. The van der Waals surface area contributed by atoms with Gasteiger partial charge in [0.2, 0.25) is 0 Å². The number of aromatic nitrogens is 4. The van der Waals surface area contributed by atoms with Crippen LogP contribution in [0.3, 0.4) is 0 Å². The van der Waals surface area contributed by atoms with Crippen LogP contribution in [0.2, 0.25) is 0 Å². The molecule has 2 aromatic heterocycles. The van der Waals surface area contributed by atoms with E-state index >= 15 is 0 Å². The van der Waals surface area contributed by atoms with Crippen molar-refractivity contribution >= 4 is 22.8 Å². The SMILES string of the molecule is Cn1c(=O)c2c(ncn2CCOC(=O)c2ccc(F)cc2N)n(C)c1=O. The van der Waals surface area contributed by atoms with Gasteiger partial charge in [-0.05, 0) is 18.2 Å². The number of esters is 1. The first-order chi connectivity index (χ1) is 12.3. The van der Waals surface area contributed by atoms with Gasteiger partial charge in [-0.1, -0.05) is 0 Å². The first kappa shape index (κ1) is 17.4. The van der Waals surface area contributed by atoms with Gasteiger partial charge in [0.05, 0.1) is 18.4 Å². The van der Waals surface area contributed by atoms with E-state index in [9.17, 15) is 18.8 Å². The van der Waals surface area contributed by atoms with Crippen molar-refractivity contribution in [2.75, 3.05) is 12.3 Å². The molecular weight excluding hydrogens is 345 g/mol. The highest BCUT2D eigenvalue weighted by molar-refractivity contribution is 5.95. The zero-order valence-electron chi connectivity index (χ0n) is 14.1. The number of nitrogens with two attached hydrogens (primary N) is 1. The molecule has 0 spiro atoms. The minimum absolute atomic E-state index is 0.0213. The molecule has 0 amide bonds. The topological polar surface area (TPSA) is 114 Å². The van der Waals surface area contributed by atoms with Crippen molar-refractivity contribution in [1.82, 2.24) is 18.7 Å². The molecule has 0 bridgehead atoms. The van der Waals surface area contributed by atoms with Gasteiger partial charge in [-0.2, -0.15) is 0 Å². The Kier molecular flexibility index (Phi) is 4.33. The molecule has 3 rings (SSSR count). The van der Waals surface area contributed by atoms with Crippen LogP contribution in [0.1, 0.15) is 10.4 Å². The van der Waals surface area contributed by atoms with Gasteiger partial charge in [0, 0.05) is 19.8 Å². The maximum Gasteiger partial charge on any atom is 0.340 e. The molecule has 10 heteroatoms. The zero-order chi connectivity index (χ0) is 19.0. The van der Waals surface area contributed by atoms with Crippen LogP contribution >= 0.6 is 0 Å². The second-order valence-corrected chi connectivity index (χ2v) is 5.68. The van der Waals surface area contributed by atoms with Gasteiger partial charge in [0.1, 0.15) is 12.4 Å². The van der Waals surface area contributed by atoms with Gasteiger partial charge >= 0.3 is 11.7 Å². The van der Waals surface area contributed by atoms with Crippen molar-refractivity contribution in [3.63, 3.8) is 0 Å². The first-order valence-electron chi connectivity index (χ1n) is 7.64. The van der Waals surface area contributed by atoms with Crippen LogP contribution in [0, 0.1) is 5.82 Å². The molecule has 2 heterocycles. The van der Waals surface area contributed by atoms with Crippen LogP contribution in [0.25, 0.3) is 11.2 Å². The summed E-state index contributed by atoms with van der Waals surface area (Å²) in [7, 11) is 2.89. The van der Waals surface area contributed by atoms with Crippen LogP contribution in [0.5, 0.6) is 0 Å². The van der Waals surface area contributed by atoms with E-state index in [1.165, 1.54) is 35.6 Å². The van der Waals surface area contributed by atoms with Gasteiger partial charge in [0.25, 0.3) is 5.56 Å². The standard InChI is InChI=1S/C16H16FN5O4/c1-20-13-12(14(23)21(2)16(20)25)22(8-19-13)5-6-26-15(24)10-4-3-9(17)7-11(10)18/h3-4,7-8H,5-6,18H2,1-2H3. The molecule has 0 aliphatic heterocycles. The Bertz CT molecular complexity index is 1130. The highest BCUT2D eigenvalue weighted by atomic mass is 19.1. The van der Waals surface area contributed by atoms with Crippen LogP contribution in [0.4, 0.5) is 10.1 Å². The van der Waals surface area contributed by atoms with E-state index in [1.807, 2.05) is 0 Å². The molecule has 0 saturated heterocycles. The number of benzene rings is 1. The average molecular weight is 361 g/mol. The Morgan fingerprint density at radius 3 is 2.69 bits per heavy atom. The van der Waals surface area contributed by atoms with E-state index in [0.29, 0.717) is 0 Å². The lowest BCUT2D eigenvalue weighted by Crippen LogP contribution is -2.37. The minimum atomic E-state index is -0.702. The van der Waals surface area contributed by atoms with Crippen molar-refractivity contribution < 1.29 is 13.9 Å². The van der Waals surface area contributed by atoms with Crippen molar-refractivity contribution in [1.29, 1.82) is 0 Å². The monoisotopic (exact) mass is 361 g/mol.